The molecule has 0 radical (unpaired) electrons. The fourth-order valence-electron chi connectivity index (χ4n) is 3.42. The van der Waals surface area contributed by atoms with Gasteiger partial charge in [0.05, 0.1) is 0 Å². The average Bonchev–Trinajstić information content (AvgIpc) is 3.20. The second-order valence-electron chi connectivity index (χ2n) is 7.67. The average molecular weight is 387 g/mol. The molecule has 2 rings (SSSR count). The van der Waals surface area contributed by atoms with E-state index in [1.165, 1.54) is 83.5 Å². The number of hydrogen-bond acceptors (Lipinski definition) is 5. The number of pyridine rings is 1. The van der Waals surface area contributed by atoms with E-state index in [0.29, 0.717) is 11.9 Å². The Bertz CT molecular complexity index is 600. The number of hydrogen-bond donors (Lipinski definition) is 1. The van der Waals surface area contributed by atoms with Crippen LogP contribution in [0.3, 0.4) is 0 Å². The van der Waals surface area contributed by atoms with Gasteiger partial charge in [0.25, 0.3) is 0 Å². The Morgan fingerprint density at radius 2 is 1.25 bits per heavy atom. The summed E-state index contributed by atoms with van der Waals surface area (Å²) in [5.41, 5.74) is 0.895. The molecule has 0 spiro atoms. The van der Waals surface area contributed by atoms with Gasteiger partial charge in [0.2, 0.25) is 5.89 Å². The van der Waals surface area contributed by atoms with Crippen LogP contribution in [0.15, 0.2) is 28.9 Å². The Morgan fingerprint density at radius 3 is 1.82 bits per heavy atom. The highest BCUT2D eigenvalue weighted by Crippen LogP contribution is 2.18. The Labute approximate surface area is 170 Å². The smallest absolute Gasteiger partial charge is 0.315 e. The van der Waals surface area contributed by atoms with Crippen LogP contribution in [0.1, 0.15) is 96.8 Å². The summed E-state index contributed by atoms with van der Waals surface area (Å²) >= 11 is 0. The number of aromatic nitrogens is 3. The van der Waals surface area contributed by atoms with Crippen molar-refractivity contribution in [1.82, 2.24) is 15.2 Å². The molecule has 0 aliphatic heterocycles. The topological polar surface area (TPSA) is 63.8 Å². The first-order valence-electron chi connectivity index (χ1n) is 11.4. The van der Waals surface area contributed by atoms with Crippen molar-refractivity contribution in [3.8, 4) is 11.5 Å². The molecule has 2 heterocycles. The molecule has 0 fully saturated rings. The number of unbranched alkanes of at least 4 members (excludes halogenated alkanes) is 13. The maximum absolute atomic E-state index is 5.63. The van der Waals surface area contributed by atoms with Crippen LogP contribution in [0.2, 0.25) is 0 Å². The predicted octanol–water partition coefficient (Wildman–Crippen LogP) is 7.02. The summed E-state index contributed by atoms with van der Waals surface area (Å²) in [6.07, 6.45) is 22.7. The van der Waals surface area contributed by atoms with Crippen molar-refractivity contribution in [3.05, 3.63) is 24.5 Å². The minimum atomic E-state index is 0.501. The lowest BCUT2D eigenvalue weighted by Crippen LogP contribution is -2.01. The highest BCUT2D eigenvalue weighted by atomic mass is 16.4. The summed E-state index contributed by atoms with van der Waals surface area (Å²) in [6, 6.07) is 4.23. The first-order chi connectivity index (χ1) is 13.9. The first kappa shape index (κ1) is 22.4. The lowest BCUT2D eigenvalue weighted by molar-refractivity contribution is 0.535. The van der Waals surface area contributed by atoms with Crippen LogP contribution < -0.4 is 5.32 Å². The zero-order chi connectivity index (χ0) is 19.7. The van der Waals surface area contributed by atoms with Crippen molar-refractivity contribution in [2.45, 2.75) is 96.8 Å². The normalized spacial score (nSPS) is 11.0. The van der Waals surface area contributed by atoms with Crippen LogP contribution in [0.4, 0.5) is 6.01 Å². The fraction of sp³-hybridized carbons (Fsp3) is 0.696. The molecule has 0 aromatic carbocycles. The molecule has 0 atom stereocenters. The molecule has 0 aliphatic carbocycles. The standard InChI is InChI=1S/C23H38N4O/c1-2-3-4-5-6-7-8-9-10-11-12-13-14-15-18-25-23-27-26-22(28-23)21-16-19-24-20-17-21/h16-17,19-20H,2-15,18H2,1H3,(H,25,27). The second kappa shape index (κ2) is 15.1. The van der Waals surface area contributed by atoms with E-state index in [-0.39, 0.29) is 0 Å². The summed E-state index contributed by atoms with van der Waals surface area (Å²) in [5, 5.41) is 11.3. The van der Waals surface area contributed by atoms with Crippen LogP contribution in [0.25, 0.3) is 11.5 Å². The third-order valence-corrected chi connectivity index (χ3v) is 5.16. The van der Waals surface area contributed by atoms with Gasteiger partial charge in [-0.05, 0) is 18.6 Å². The predicted molar refractivity (Wildman–Crippen MR) is 116 cm³/mol. The summed E-state index contributed by atoms with van der Waals surface area (Å²) in [5.74, 6) is 0.533. The van der Waals surface area contributed by atoms with E-state index in [9.17, 15) is 0 Å². The van der Waals surface area contributed by atoms with Crippen LogP contribution in [0, 0.1) is 0 Å². The fourth-order valence-corrected chi connectivity index (χ4v) is 3.42. The van der Waals surface area contributed by atoms with E-state index in [1.54, 1.807) is 12.4 Å². The van der Waals surface area contributed by atoms with Gasteiger partial charge in [-0.2, -0.15) is 0 Å². The van der Waals surface area contributed by atoms with Crippen molar-refractivity contribution in [2.24, 2.45) is 0 Å². The van der Waals surface area contributed by atoms with Gasteiger partial charge in [-0.25, -0.2) is 0 Å². The van der Waals surface area contributed by atoms with Crippen molar-refractivity contribution in [1.29, 1.82) is 0 Å². The van der Waals surface area contributed by atoms with Gasteiger partial charge in [0, 0.05) is 24.5 Å². The van der Waals surface area contributed by atoms with Crippen molar-refractivity contribution < 1.29 is 4.42 Å². The highest BCUT2D eigenvalue weighted by Gasteiger charge is 2.07. The third kappa shape index (κ3) is 9.86. The van der Waals surface area contributed by atoms with Gasteiger partial charge in [0.1, 0.15) is 0 Å². The lowest BCUT2D eigenvalue weighted by Gasteiger charge is -2.03. The quantitative estimate of drug-likeness (QED) is 0.296. The summed E-state index contributed by atoms with van der Waals surface area (Å²) in [6.45, 7) is 3.17. The largest absolute Gasteiger partial charge is 0.403 e. The highest BCUT2D eigenvalue weighted by molar-refractivity contribution is 5.51. The van der Waals surface area contributed by atoms with E-state index >= 15 is 0 Å². The van der Waals surface area contributed by atoms with Crippen LogP contribution in [-0.2, 0) is 0 Å². The molecule has 0 bridgehead atoms. The Hall–Kier alpha value is -1.91. The van der Waals surface area contributed by atoms with E-state index in [1.807, 2.05) is 12.1 Å². The van der Waals surface area contributed by atoms with Crippen molar-refractivity contribution in [3.63, 3.8) is 0 Å². The monoisotopic (exact) mass is 386 g/mol. The van der Waals surface area contributed by atoms with Gasteiger partial charge >= 0.3 is 6.01 Å². The first-order valence-corrected chi connectivity index (χ1v) is 11.4. The molecule has 156 valence electrons. The molecule has 28 heavy (non-hydrogen) atoms. The lowest BCUT2D eigenvalue weighted by atomic mass is 10.0. The maximum Gasteiger partial charge on any atom is 0.315 e. The van der Waals surface area contributed by atoms with Gasteiger partial charge in [-0.1, -0.05) is 95.5 Å². The van der Waals surface area contributed by atoms with E-state index in [0.717, 1.165) is 18.5 Å². The third-order valence-electron chi connectivity index (χ3n) is 5.16. The Morgan fingerprint density at radius 1 is 0.714 bits per heavy atom. The summed E-state index contributed by atoms with van der Waals surface area (Å²) < 4.78 is 5.63. The molecular weight excluding hydrogens is 348 g/mol. The Kier molecular flexibility index (Phi) is 12.0. The summed E-state index contributed by atoms with van der Waals surface area (Å²) in [7, 11) is 0. The minimum Gasteiger partial charge on any atom is -0.403 e. The van der Waals surface area contributed by atoms with Crippen molar-refractivity contribution in [2.75, 3.05) is 11.9 Å². The Balaban J connectivity index is 1.37. The zero-order valence-electron chi connectivity index (χ0n) is 17.7. The van der Waals surface area contributed by atoms with Gasteiger partial charge < -0.3 is 9.73 Å². The number of nitrogens with zero attached hydrogens (tertiary/aromatic N) is 3. The van der Waals surface area contributed by atoms with Crippen LogP contribution in [-0.4, -0.2) is 21.7 Å². The van der Waals surface area contributed by atoms with Gasteiger partial charge in [-0.3, -0.25) is 4.98 Å². The number of rotatable bonds is 17. The molecular formula is C23H38N4O. The number of anilines is 1. The van der Waals surface area contributed by atoms with E-state index in [2.05, 4.69) is 27.4 Å². The minimum absolute atomic E-state index is 0.501. The van der Waals surface area contributed by atoms with Gasteiger partial charge in [0.15, 0.2) is 0 Å². The molecule has 5 nitrogen and oxygen atoms in total. The maximum atomic E-state index is 5.63. The molecule has 2 aromatic rings. The van der Waals surface area contributed by atoms with Crippen molar-refractivity contribution >= 4 is 6.01 Å². The molecule has 0 saturated carbocycles. The number of nitrogens with one attached hydrogen (secondary N) is 1. The SMILES string of the molecule is CCCCCCCCCCCCCCCCNc1nnc(-c2ccncc2)o1. The van der Waals surface area contributed by atoms with E-state index < -0.39 is 0 Å². The molecule has 2 aromatic heterocycles. The second-order valence-corrected chi connectivity index (χ2v) is 7.67. The van der Waals surface area contributed by atoms with Crippen LogP contribution in [0.5, 0.6) is 0 Å². The molecule has 0 unspecified atom stereocenters. The van der Waals surface area contributed by atoms with Gasteiger partial charge in [-0.15, -0.1) is 5.10 Å². The molecule has 0 saturated heterocycles. The zero-order valence-corrected chi connectivity index (χ0v) is 17.7. The molecule has 5 heteroatoms. The molecule has 0 amide bonds. The summed E-state index contributed by atoms with van der Waals surface area (Å²) in [4.78, 5) is 3.99. The molecule has 1 N–H and O–H groups in total. The molecule has 0 aliphatic rings. The van der Waals surface area contributed by atoms with Crippen LogP contribution >= 0.6 is 0 Å². The van der Waals surface area contributed by atoms with E-state index in [4.69, 9.17) is 4.42 Å².